The van der Waals surface area contributed by atoms with E-state index in [-0.39, 0.29) is 17.6 Å². The Labute approximate surface area is 132 Å². The van der Waals surface area contributed by atoms with Gasteiger partial charge in [0.05, 0.1) is 11.7 Å². The zero-order chi connectivity index (χ0) is 17.0. The SMILES string of the molecule is CC1(C)CC(=O)C2OC2(CC(O)c2ccc(C(F)(F)F)cc2)C1. The summed E-state index contributed by atoms with van der Waals surface area (Å²) >= 11 is 0. The van der Waals surface area contributed by atoms with Crippen LogP contribution in [0.4, 0.5) is 13.2 Å². The third-order valence-electron chi connectivity index (χ3n) is 4.66. The molecule has 1 N–H and O–H groups in total. The fourth-order valence-electron chi connectivity index (χ4n) is 3.70. The van der Waals surface area contributed by atoms with Crippen molar-refractivity contribution in [2.75, 3.05) is 0 Å². The van der Waals surface area contributed by atoms with E-state index in [4.69, 9.17) is 4.74 Å². The molecular weight excluding hydrogens is 309 g/mol. The molecule has 1 aromatic carbocycles. The zero-order valence-electron chi connectivity index (χ0n) is 13.0. The predicted molar refractivity (Wildman–Crippen MR) is 76.6 cm³/mol. The van der Waals surface area contributed by atoms with E-state index in [1.54, 1.807) is 0 Å². The third-order valence-corrected chi connectivity index (χ3v) is 4.66. The average molecular weight is 328 g/mol. The second kappa shape index (κ2) is 5.05. The van der Waals surface area contributed by atoms with Crippen molar-refractivity contribution < 1.29 is 27.8 Å². The van der Waals surface area contributed by atoms with Gasteiger partial charge >= 0.3 is 6.18 Å². The van der Waals surface area contributed by atoms with Crippen LogP contribution in [0.15, 0.2) is 24.3 Å². The molecule has 1 saturated carbocycles. The van der Waals surface area contributed by atoms with Crippen molar-refractivity contribution in [3.63, 3.8) is 0 Å². The Hall–Kier alpha value is -1.40. The number of epoxide rings is 1. The minimum atomic E-state index is -4.40. The summed E-state index contributed by atoms with van der Waals surface area (Å²) in [6.07, 6.45) is -4.49. The van der Waals surface area contributed by atoms with Crippen LogP contribution in [0.3, 0.4) is 0 Å². The fourth-order valence-corrected chi connectivity index (χ4v) is 3.70. The average Bonchev–Trinajstić information content (AvgIpc) is 3.10. The van der Waals surface area contributed by atoms with Gasteiger partial charge in [0.1, 0.15) is 11.7 Å². The summed E-state index contributed by atoms with van der Waals surface area (Å²) in [4.78, 5) is 12.0. The maximum absolute atomic E-state index is 12.6. The first kappa shape index (κ1) is 16.5. The Morgan fingerprint density at radius 3 is 2.48 bits per heavy atom. The standard InChI is InChI=1S/C17H19F3O3/c1-15(2)7-13(22)14-16(9-15,23-14)8-12(21)10-3-5-11(6-4-10)17(18,19)20/h3-6,12,14,21H,7-9H2,1-2H3. The van der Waals surface area contributed by atoms with Crippen molar-refractivity contribution in [1.82, 2.24) is 0 Å². The highest BCUT2D eigenvalue weighted by Gasteiger charge is 2.65. The van der Waals surface area contributed by atoms with Gasteiger partial charge in [-0.15, -0.1) is 0 Å². The van der Waals surface area contributed by atoms with Gasteiger partial charge in [-0.3, -0.25) is 4.79 Å². The summed E-state index contributed by atoms with van der Waals surface area (Å²) in [5.74, 6) is 0.0425. The van der Waals surface area contributed by atoms with Crippen LogP contribution in [0.1, 0.15) is 50.3 Å². The summed E-state index contributed by atoms with van der Waals surface area (Å²) in [6, 6.07) is 4.46. The van der Waals surface area contributed by atoms with Gasteiger partial charge in [-0.2, -0.15) is 13.2 Å². The van der Waals surface area contributed by atoms with Crippen LogP contribution < -0.4 is 0 Å². The van der Waals surface area contributed by atoms with Gasteiger partial charge in [-0.1, -0.05) is 26.0 Å². The van der Waals surface area contributed by atoms with Gasteiger partial charge in [0.25, 0.3) is 0 Å². The highest BCUT2D eigenvalue weighted by molar-refractivity contribution is 5.88. The molecule has 1 aliphatic heterocycles. The summed E-state index contributed by atoms with van der Waals surface area (Å²) in [6.45, 7) is 3.96. The minimum absolute atomic E-state index is 0.0425. The highest BCUT2D eigenvalue weighted by Crippen LogP contribution is 2.56. The molecule has 3 unspecified atom stereocenters. The Bertz CT molecular complexity index is 621. The number of hydrogen-bond acceptors (Lipinski definition) is 3. The van der Waals surface area contributed by atoms with Crippen molar-refractivity contribution in [1.29, 1.82) is 0 Å². The molecule has 6 heteroatoms. The number of aliphatic hydroxyl groups is 1. The molecule has 2 aliphatic rings. The van der Waals surface area contributed by atoms with Crippen LogP contribution in [0.2, 0.25) is 0 Å². The molecule has 1 aliphatic carbocycles. The summed E-state index contributed by atoms with van der Waals surface area (Å²) in [7, 11) is 0. The minimum Gasteiger partial charge on any atom is -0.388 e. The van der Waals surface area contributed by atoms with E-state index in [1.807, 2.05) is 13.8 Å². The Balaban J connectivity index is 1.73. The zero-order valence-corrected chi connectivity index (χ0v) is 13.0. The van der Waals surface area contributed by atoms with E-state index in [2.05, 4.69) is 0 Å². The van der Waals surface area contributed by atoms with Gasteiger partial charge in [0.2, 0.25) is 0 Å². The molecule has 2 fully saturated rings. The normalized spacial score (nSPS) is 30.7. The van der Waals surface area contributed by atoms with E-state index in [0.717, 1.165) is 12.1 Å². The van der Waals surface area contributed by atoms with E-state index in [1.165, 1.54) is 12.1 Å². The number of aliphatic hydroxyl groups excluding tert-OH is 1. The maximum Gasteiger partial charge on any atom is 0.416 e. The van der Waals surface area contributed by atoms with Crippen molar-refractivity contribution in [3.8, 4) is 0 Å². The molecule has 1 aromatic rings. The fraction of sp³-hybridized carbons (Fsp3) is 0.588. The molecular formula is C17H19F3O3. The van der Waals surface area contributed by atoms with E-state index in [0.29, 0.717) is 18.4 Å². The van der Waals surface area contributed by atoms with Gasteiger partial charge in [-0.25, -0.2) is 0 Å². The quantitative estimate of drug-likeness (QED) is 0.862. The number of alkyl halides is 3. The molecule has 0 aromatic heterocycles. The molecule has 1 heterocycles. The van der Waals surface area contributed by atoms with Gasteiger partial charge in [0, 0.05) is 12.8 Å². The lowest BCUT2D eigenvalue weighted by atomic mass is 9.70. The van der Waals surface area contributed by atoms with Gasteiger partial charge < -0.3 is 9.84 Å². The number of ketones is 1. The number of fused-ring (bicyclic) bond motifs is 1. The number of rotatable bonds is 3. The summed E-state index contributed by atoms with van der Waals surface area (Å²) < 4.78 is 43.3. The molecule has 0 spiro atoms. The van der Waals surface area contributed by atoms with Gasteiger partial charge in [0.15, 0.2) is 5.78 Å². The van der Waals surface area contributed by atoms with Crippen LogP contribution in [0, 0.1) is 5.41 Å². The third kappa shape index (κ3) is 3.15. The smallest absolute Gasteiger partial charge is 0.388 e. The van der Waals surface area contributed by atoms with Gasteiger partial charge in [-0.05, 0) is 29.5 Å². The molecule has 3 rings (SSSR count). The lowest BCUT2D eigenvalue weighted by molar-refractivity contribution is -0.137. The number of hydrogen-bond donors (Lipinski definition) is 1. The van der Waals surface area contributed by atoms with Crippen LogP contribution in [-0.4, -0.2) is 22.6 Å². The first-order chi connectivity index (χ1) is 10.5. The number of halogens is 3. The molecule has 1 saturated heterocycles. The largest absolute Gasteiger partial charge is 0.416 e. The van der Waals surface area contributed by atoms with Crippen molar-refractivity contribution in [3.05, 3.63) is 35.4 Å². The Morgan fingerprint density at radius 2 is 1.91 bits per heavy atom. The second-order valence-electron chi connectivity index (χ2n) is 7.39. The van der Waals surface area contributed by atoms with Crippen molar-refractivity contribution >= 4 is 5.78 Å². The Morgan fingerprint density at radius 1 is 1.30 bits per heavy atom. The Kier molecular flexibility index (Phi) is 3.61. The van der Waals surface area contributed by atoms with Crippen molar-refractivity contribution in [2.24, 2.45) is 5.41 Å². The number of carbonyl (C=O) groups excluding carboxylic acids is 1. The predicted octanol–water partition coefficient (Wildman–Crippen LogP) is 3.66. The maximum atomic E-state index is 12.6. The molecule has 0 bridgehead atoms. The molecule has 126 valence electrons. The van der Waals surface area contributed by atoms with E-state index >= 15 is 0 Å². The first-order valence-corrected chi connectivity index (χ1v) is 7.58. The number of Topliss-reactive ketones (excluding diaryl/α,β-unsaturated/α-hetero) is 1. The lowest BCUT2D eigenvalue weighted by Gasteiger charge is -2.32. The van der Waals surface area contributed by atoms with Crippen LogP contribution in [0.25, 0.3) is 0 Å². The number of ether oxygens (including phenoxy) is 1. The number of carbonyl (C=O) groups is 1. The van der Waals surface area contributed by atoms with Crippen molar-refractivity contribution in [2.45, 2.75) is 57.1 Å². The topological polar surface area (TPSA) is 49.8 Å². The highest BCUT2D eigenvalue weighted by atomic mass is 19.4. The van der Waals surface area contributed by atoms with E-state index in [9.17, 15) is 23.1 Å². The molecule has 3 atom stereocenters. The molecule has 23 heavy (non-hydrogen) atoms. The van der Waals surface area contributed by atoms with Crippen LogP contribution >= 0.6 is 0 Å². The second-order valence-corrected chi connectivity index (χ2v) is 7.39. The van der Waals surface area contributed by atoms with E-state index < -0.39 is 29.5 Å². The molecule has 0 radical (unpaired) electrons. The summed E-state index contributed by atoms with van der Waals surface area (Å²) in [5, 5.41) is 10.3. The molecule has 3 nitrogen and oxygen atoms in total. The number of benzene rings is 1. The first-order valence-electron chi connectivity index (χ1n) is 7.58. The lowest BCUT2D eigenvalue weighted by Crippen LogP contribution is -2.37. The van der Waals surface area contributed by atoms with Crippen LogP contribution in [0.5, 0.6) is 0 Å². The monoisotopic (exact) mass is 328 g/mol. The summed E-state index contributed by atoms with van der Waals surface area (Å²) in [5.41, 5.74) is -1.20. The molecule has 0 amide bonds. The van der Waals surface area contributed by atoms with Crippen LogP contribution in [-0.2, 0) is 15.7 Å².